The molecule has 1 aromatic carbocycles. The van der Waals surface area contributed by atoms with Crippen LogP contribution in [0.5, 0.6) is 5.75 Å². The van der Waals surface area contributed by atoms with Crippen LogP contribution >= 0.6 is 0 Å². The lowest BCUT2D eigenvalue weighted by atomic mass is 10.1. The molecule has 1 unspecified atom stereocenters. The Bertz CT molecular complexity index is 784. The van der Waals surface area contributed by atoms with E-state index in [-0.39, 0.29) is 22.3 Å². The van der Waals surface area contributed by atoms with Gasteiger partial charge < -0.3 is 18.5 Å². The van der Waals surface area contributed by atoms with Gasteiger partial charge in [0.05, 0.1) is 12.6 Å². The highest BCUT2D eigenvalue weighted by molar-refractivity contribution is 6.75. The quantitative estimate of drug-likeness (QED) is 0.359. The van der Waals surface area contributed by atoms with E-state index in [4.69, 9.17) is 13.6 Å². The van der Waals surface area contributed by atoms with Crippen molar-refractivity contribution in [2.75, 3.05) is 13.6 Å². The third-order valence-corrected chi connectivity index (χ3v) is 15.7. The van der Waals surface area contributed by atoms with Gasteiger partial charge in [0.15, 0.2) is 8.32 Å². The van der Waals surface area contributed by atoms with Crippen LogP contribution in [0.25, 0.3) is 0 Å². The van der Waals surface area contributed by atoms with Crippen molar-refractivity contribution in [3.05, 3.63) is 29.8 Å². The monoisotopic (exact) mass is 495 g/mol. The van der Waals surface area contributed by atoms with Crippen molar-refractivity contribution < 1.29 is 18.4 Å². The molecule has 0 radical (unpaired) electrons. The van der Waals surface area contributed by atoms with E-state index in [2.05, 4.69) is 79.9 Å². The molecule has 7 heteroatoms. The summed E-state index contributed by atoms with van der Waals surface area (Å²) in [5.41, 5.74) is 0.502. The van der Waals surface area contributed by atoms with Crippen molar-refractivity contribution in [3.8, 4) is 5.75 Å². The molecule has 0 fully saturated rings. The maximum absolute atomic E-state index is 12.6. The number of carbonyl (C=O) groups is 1. The Morgan fingerprint density at radius 1 is 0.848 bits per heavy atom. The van der Waals surface area contributed by atoms with Crippen LogP contribution in [0.1, 0.15) is 74.0 Å². The van der Waals surface area contributed by atoms with Gasteiger partial charge in [0.25, 0.3) is 0 Å². The molecule has 33 heavy (non-hydrogen) atoms. The van der Waals surface area contributed by atoms with Crippen LogP contribution in [0.4, 0.5) is 4.79 Å². The highest BCUT2D eigenvalue weighted by Gasteiger charge is 2.41. The predicted octanol–water partition coefficient (Wildman–Crippen LogP) is 8.00. The predicted molar refractivity (Wildman–Crippen MR) is 144 cm³/mol. The van der Waals surface area contributed by atoms with Crippen LogP contribution in [0, 0.1) is 0 Å². The number of likely N-dealkylation sites (N-methyl/N-ethyl adjacent to an activating group) is 1. The molecule has 0 aromatic heterocycles. The Kier molecular flexibility index (Phi) is 9.11. The number of rotatable bonds is 7. The van der Waals surface area contributed by atoms with Gasteiger partial charge in [0, 0.05) is 7.05 Å². The summed E-state index contributed by atoms with van der Waals surface area (Å²) in [5.74, 6) is 0.886. The van der Waals surface area contributed by atoms with Crippen LogP contribution in [-0.4, -0.2) is 46.8 Å². The van der Waals surface area contributed by atoms with Crippen molar-refractivity contribution in [1.82, 2.24) is 4.90 Å². The molecule has 0 aliphatic rings. The molecule has 1 atom stereocenters. The topological polar surface area (TPSA) is 48.0 Å². The zero-order valence-corrected chi connectivity index (χ0v) is 25.7. The molecule has 0 saturated carbocycles. The average molecular weight is 496 g/mol. The lowest BCUT2D eigenvalue weighted by Crippen LogP contribution is -2.45. The van der Waals surface area contributed by atoms with Gasteiger partial charge in [0.2, 0.25) is 8.32 Å². The molecule has 5 nitrogen and oxygen atoms in total. The summed E-state index contributed by atoms with van der Waals surface area (Å²) in [5, 5.41) is 0.191. The lowest BCUT2D eigenvalue weighted by Gasteiger charge is -2.40. The van der Waals surface area contributed by atoms with Gasteiger partial charge in [0.1, 0.15) is 11.4 Å². The highest BCUT2D eigenvalue weighted by atomic mass is 28.4. The third kappa shape index (κ3) is 8.76. The third-order valence-electron chi connectivity index (χ3n) is 6.82. The first kappa shape index (κ1) is 29.7. The largest absolute Gasteiger partial charge is 0.544 e. The fourth-order valence-electron chi connectivity index (χ4n) is 2.60. The molecule has 1 amide bonds. The normalized spacial score (nSPS) is 14.6. The molecule has 0 spiro atoms. The Hall–Kier alpha value is -1.32. The molecule has 1 aromatic rings. The van der Waals surface area contributed by atoms with Crippen molar-refractivity contribution in [2.24, 2.45) is 0 Å². The first-order valence-corrected chi connectivity index (χ1v) is 17.8. The van der Waals surface area contributed by atoms with E-state index in [1.165, 1.54) is 0 Å². The summed E-state index contributed by atoms with van der Waals surface area (Å²) in [6.45, 7) is 28.4. The smallest absolute Gasteiger partial charge is 0.410 e. The standard InChI is InChI=1S/C26H49NO4Si2/c1-24(2,3)29-23(28)27(10)19-22(31-33(13,14)26(7,8)9)20-15-17-21(18-16-20)30-32(11,12)25(4,5)6/h15-18,22H,19H2,1-14H3. The SMILES string of the molecule is CN(CC(O[Si](C)(C)C(C)(C)C)c1ccc(O[Si](C)(C)C(C)(C)C)cc1)C(=O)OC(C)(C)C. The summed E-state index contributed by atoms with van der Waals surface area (Å²) in [6.07, 6.45) is -0.588. The van der Waals surface area contributed by atoms with Gasteiger partial charge in [-0.3, -0.25) is 0 Å². The summed E-state index contributed by atoms with van der Waals surface area (Å²) in [4.78, 5) is 14.3. The minimum atomic E-state index is -2.08. The highest BCUT2D eigenvalue weighted by Crippen LogP contribution is 2.41. The number of carbonyl (C=O) groups excluding carboxylic acids is 1. The summed E-state index contributed by atoms with van der Waals surface area (Å²) in [7, 11) is -2.22. The minimum Gasteiger partial charge on any atom is -0.544 e. The van der Waals surface area contributed by atoms with Gasteiger partial charge in [-0.1, -0.05) is 53.7 Å². The van der Waals surface area contributed by atoms with E-state index in [1.807, 2.05) is 32.9 Å². The second-order valence-electron chi connectivity index (χ2n) is 13.2. The summed E-state index contributed by atoms with van der Waals surface area (Å²) in [6, 6.07) is 8.21. The van der Waals surface area contributed by atoms with E-state index >= 15 is 0 Å². The number of hydrogen-bond donors (Lipinski definition) is 0. The molecule has 190 valence electrons. The second-order valence-corrected chi connectivity index (χ2v) is 22.6. The van der Waals surface area contributed by atoms with E-state index in [9.17, 15) is 4.79 Å². The van der Waals surface area contributed by atoms with Crippen LogP contribution in [0.3, 0.4) is 0 Å². The molecule has 0 heterocycles. The van der Waals surface area contributed by atoms with Gasteiger partial charge in [-0.25, -0.2) is 4.79 Å². The first-order chi connectivity index (χ1) is 14.6. The van der Waals surface area contributed by atoms with Crippen LogP contribution in [0.15, 0.2) is 24.3 Å². The average Bonchev–Trinajstić information content (AvgIpc) is 2.57. The summed E-state index contributed by atoms with van der Waals surface area (Å²) >= 11 is 0. The molecular formula is C26H49NO4Si2. The Morgan fingerprint density at radius 2 is 1.30 bits per heavy atom. The molecule has 0 saturated heterocycles. The maximum Gasteiger partial charge on any atom is 0.410 e. The van der Waals surface area contributed by atoms with Crippen molar-refractivity contribution in [2.45, 2.75) is 110 Å². The Labute approximate surface area is 205 Å². The van der Waals surface area contributed by atoms with E-state index in [0.29, 0.717) is 6.54 Å². The van der Waals surface area contributed by atoms with Gasteiger partial charge in [-0.2, -0.15) is 0 Å². The Morgan fingerprint density at radius 3 is 1.70 bits per heavy atom. The summed E-state index contributed by atoms with van der Waals surface area (Å²) < 4.78 is 18.8. The van der Waals surface area contributed by atoms with Crippen molar-refractivity contribution >= 4 is 22.7 Å². The molecular weight excluding hydrogens is 446 g/mol. The second kappa shape index (κ2) is 10.1. The molecule has 1 rings (SSSR count). The molecule has 0 aliphatic heterocycles. The van der Waals surface area contributed by atoms with Gasteiger partial charge in [-0.05, 0) is 74.7 Å². The molecule has 0 bridgehead atoms. The number of benzene rings is 1. The zero-order valence-electron chi connectivity index (χ0n) is 23.7. The van der Waals surface area contributed by atoms with Crippen LogP contribution in [0.2, 0.25) is 36.3 Å². The van der Waals surface area contributed by atoms with Gasteiger partial charge >= 0.3 is 6.09 Å². The van der Waals surface area contributed by atoms with Crippen LogP contribution < -0.4 is 4.43 Å². The molecule has 0 N–H and O–H groups in total. The van der Waals surface area contributed by atoms with Crippen molar-refractivity contribution in [1.29, 1.82) is 0 Å². The number of nitrogens with zero attached hydrogens (tertiary/aromatic N) is 1. The van der Waals surface area contributed by atoms with E-state index < -0.39 is 22.2 Å². The van der Waals surface area contributed by atoms with E-state index in [0.717, 1.165) is 11.3 Å². The minimum absolute atomic E-state index is 0.0567. The number of ether oxygens (including phenoxy) is 1. The van der Waals surface area contributed by atoms with Gasteiger partial charge in [-0.15, -0.1) is 0 Å². The van der Waals surface area contributed by atoms with Crippen LogP contribution in [-0.2, 0) is 9.16 Å². The zero-order chi connectivity index (χ0) is 26.0. The lowest BCUT2D eigenvalue weighted by molar-refractivity contribution is 0.0216. The fraction of sp³-hybridized carbons (Fsp3) is 0.731. The molecule has 0 aliphatic carbocycles. The Balaban J connectivity index is 3.19. The fourth-order valence-corrected chi connectivity index (χ4v) is 4.91. The number of amides is 1. The maximum atomic E-state index is 12.6. The first-order valence-electron chi connectivity index (χ1n) is 12.0. The van der Waals surface area contributed by atoms with E-state index in [1.54, 1.807) is 11.9 Å². The number of hydrogen-bond acceptors (Lipinski definition) is 4. The van der Waals surface area contributed by atoms with Crippen molar-refractivity contribution in [3.63, 3.8) is 0 Å².